The fourth-order valence-corrected chi connectivity index (χ4v) is 1.81. The van der Waals surface area contributed by atoms with Crippen molar-refractivity contribution < 1.29 is 14.4 Å². The second-order valence-electron chi connectivity index (χ2n) is 3.55. The molecule has 0 saturated carbocycles. The maximum Gasteiger partial charge on any atom is 0.257 e. The third kappa shape index (κ3) is 1.25. The predicted molar refractivity (Wildman–Crippen MR) is 39.8 cm³/mol. The van der Waals surface area contributed by atoms with Gasteiger partial charge in [-0.2, -0.15) is 0 Å². The minimum atomic E-state index is -0.905. The molecule has 1 fully saturated rings. The van der Waals surface area contributed by atoms with Gasteiger partial charge in [-0.25, -0.2) is 0 Å². The van der Waals surface area contributed by atoms with Crippen LogP contribution in [0.15, 0.2) is 0 Å². The van der Waals surface area contributed by atoms with Crippen LogP contribution in [0.25, 0.3) is 0 Å². The summed E-state index contributed by atoms with van der Waals surface area (Å²) in [5.74, 6) is 0. The second kappa shape index (κ2) is 2.81. The molecule has 3 heteroatoms. The summed E-state index contributed by atoms with van der Waals surface area (Å²) < 4.78 is 0.167. The van der Waals surface area contributed by atoms with E-state index in [1.54, 1.807) is 0 Å². The van der Waals surface area contributed by atoms with Crippen molar-refractivity contribution in [2.75, 3.05) is 13.1 Å². The molecule has 0 N–H and O–H groups in total. The lowest BCUT2D eigenvalue weighted by molar-refractivity contribution is -0.884. The Kier molecular flexibility index (Phi) is 2.18. The van der Waals surface area contributed by atoms with Crippen molar-refractivity contribution >= 4 is 6.09 Å². The molecule has 0 aromatic carbocycles. The Morgan fingerprint density at radius 2 is 1.82 bits per heavy atom. The number of carboxylic acid groups (broad SMARTS) is 1. The largest absolute Gasteiger partial charge is 0.498 e. The zero-order chi connectivity index (χ0) is 8.48. The highest BCUT2D eigenvalue weighted by molar-refractivity contribution is 5.54. The number of nitrogens with zero attached hydrogens (tertiary/aromatic N) is 1. The molecule has 0 radical (unpaired) electrons. The summed E-state index contributed by atoms with van der Waals surface area (Å²) in [7, 11) is 0. The molecule has 0 unspecified atom stereocenters. The molecule has 11 heavy (non-hydrogen) atoms. The first-order chi connectivity index (χ1) is 5.09. The Hall–Kier alpha value is -0.570. The van der Waals surface area contributed by atoms with Gasteiger partial charge in [0.25, 0.3) is 6.09 Å². The van der Waals surface area contributed by atoms with Crippen LogP contribution in [0.4, 0.5) is 4.79 Å². The lowest BCUT2D eigenvalue weighted by Gasteiger charge is -2.37. The van der Waals surface area contributed by atoms with Crippen molar-refractivity contribution in [2.45, 2.75) is 32.7 Å². The molecule has 1 aliphatic heterocycles. The first-order valence-corrected chi connectivity index (χ1v) is 4.18. The highest BCUT2D eigenvalue weighted by atomic mass is 16.4. The molecule has 0 aromatic heterocycles. The van der Waals surface area contributed by atoms with Gasteiger partial charge < -0.3 is 9.90 Å². The van der Waals surface area contributed by atoms with Crippen molar-refractivity contribution in [3.63, 3.8) is 0 Å². The maximum atomic E-state index is 10.8. The molecule has 1 heterocycles. The van der Waals surface area contributed by atoms with Crippen LogP contribution in [0.2, 0.25) is 0 Å². The topological polar surface area (TPSA) is 40.1 Å². The number of carbonyl (C=O) groups is 1. The fourth-order valence-electron chi connectivity index (χ4n) is 1.81. The van der Waals surface area contributed by atoms with E-state index in [4.69, 9.17) is 0 Å². The average molecular weight is 157 g/mol. The first kappa shape index (κ1) is 8.53. The van der Waals surface area contributed by atoms with E-state index in [9.17, 15) is 9.90 Å². The maximum absolute atomic E-state index is 10.8. The van der Waals surface area contributed by atoms with E-state index in [-0.39, 0.29) is 10.5 Å². The van der Waals surface area contributed by atoms with E-state index in [1.807, 2.05) is 13.8 Å². The van der Waals surface area contributed by atoms with Crippen molar-refractivity contribution in [1.82, 2.24) is 0 Å². The molecule has 1 rings (SSSR count). The Labute approximate surface area is 67.2 Å². The monoisotopic (exact) mass is 157 g/mol. The smallest absolute Gasteiger partial charge is 0.257 e. The van der Waals surface area contributed by atoms with Crippen LogP contribution in [-0.2, 0) is 0 Å². The number of rotatable bonds is 1. The fraction of sp³-hybridized carbons (Fsp3) is 0.875. The number of carbonyl (C=O) groups excluding carboxylic acids is 1. The highest BCUT2D eigenvalue weighted by Gasteiger charge is 2.37. The highest BCUT2D eigenvalue weighted by Crippen LogP contribution is 2.22. The number of likely N-dealkylation sites (tertiary alicyclic amines) is 1. The summed E-state index contributed by atoms with van der Waals surface area (Å²) in [6.07, 6.45) is 1.13. The van der Waals surface area contributed by atoms with E-state index in [2.05, 4.69) is 0 Å². The van der Waals surface area contributed by atoms with Crippen LogP contribution in [0.3, 0.4) is 0 Å². The quantitative estimate of drug-likeness (QED) is 0.515. The van der Waals surface area contributed by atoms with Crippen molar-refractivity contribution in [1.29, 1.82) is 0 Å². The zero-order valence-electron chi connectivity index (χ0n) is 7.17. The number of hydrogen-bond donors (Lipinski definition) is 0. The third-order valence-corrected chi connectivity index (χ3v) is 2.72. The SMILES string of the molecule is CC(C)[N+]1(C(=O)[O-])CCCC1. The van der Waals surface area contributed by atoms with Crippen LogP contribution < -0.4 is 5.11 Å². The van der Waals surface area contributed by atoms with Gasteiger partial charge in [0.1, 0.15) is 0 Å². The number of amides is 1. The molecule has 0 aromatic rings. The molecule has 0 spiro atoms. The Morgan fingerprint density at radius 3 is 2.00 bits per heavy atom. The van der Waals surface area contributed by atoms with Crippen LogP contribution in [0.5, 0.6) is 0 Å². The zero-order valence-corrected chi connectivity index (χ0v) is 7.17. The molecule has 0 bridgehead atoms. The molecule has 1 aliphatic rings. The Morgan fingerprint density at radius 1 is 1.36 bits per heavy atom. The van der Waals surface area contributed by atoms with E-state index in [0.29, 0.717) is 0 Å². The summed E-state index contributed by atoms with van der Waals surface area (Å²) in [4.78, 5) is 10.8. The molecule has 0 atom stereocenters. The number of hydrogen-bond acceptors (Lipinski definition) is 2. The second-order valence-corrected chi connectivity index (χ2v) is 3.55. The van der Waals surface area contributed by atoms with Gasteiger partial charge in [0, 0.05) is 12.8 Å². The van der Waals surface area contributed by atoms with Gasteiger partial charge in [-0.15, -0.1) is 0 Å². The minimum Gasteiger partial charge on any atom is -0.498 e. The summed E-state index contributed by atoms with van der Waals surface area (Å²) in [5.41, 5.74) is 0. The van der Waals surface area contributed by atoms with Gasteiger partial charge in [-0.1, -0.05) is 0 Å². The van der Waals surface area contributed by atoms with Crippen LogP contribution in [0, 0.1) is 0 Å². The van der Waals surface area contributed by atoms with E-state index < -0.39 is 6.09 Å². The molecule has 1 saturated heterocycles. The molecule has 3 nitrogen and oxygen atoms in total. The van der Waals surface area contributed by atoms with Gasteiger partial charge in [0.05, 0.1) is 19.1 Å². The van der Waals surface area contributed by atoms with Gasteiger partial charge in [0.2, 0.25) is 0 Å². The number of quaternary nitrogens is 1. The standard InChI is InChI=1S/C8H15NO2/c1-7(2)9(8(10)11)5-3-4-6-9/h7H,3-6H2,1-2H3. The van der Waals surface area contributed by atoms with Gasteiger partial charge in [-0.05, 0) is 13.8 Å². The molecular formula is C8H15NO2. The van der Waals surface area contributed by atoms with Crippen LogP contribution in [-0.4, -0.2) is 29.7 Å². The molecule has 64 valence electrons. The van der Waals surface area contributed by atoms with Crippen LogP contribution >= 0.6 is 0 Å². The van der Waals surface area contributed by atoms with Crippen molar-refractivity contribution in [3.05, 3.63) is 0 Å². The van der Waals surface area contributed by atoms with E-state index in [0.717, 1.165) is 25.9 Å². The summed E-state index contributed by atoms with van der Waals surface area (Å²) >= 11 is 0. The van der Waals surface area contributed by atoms with Gasteiger partial charge in [0.15, 0.2) is 0 Å². The van der Waals surface area contributed by atoms with Crippen molar-refractivity contribution in [3.8, 4) is 0 Å². The minimum absolute atomic E-state index is 0.155. The molecular weight excluding hydrogens is 142 g/mol. The predicted octanol–water partition coefficient (Wildman–Crippen LogP) is 0.349. The summed E-state index contributed by atoms with van der Waals surface area (Å²) in [6.45, 7) is 5.39. The lowest BCUT2D eigenvalue weighted by Crippen LogP contribution is -2.60. The third-order valence-electron chi connectivity index (χ3n) is 2.72. The summed E-state index contributed by atoms with van der Waals surface area (Å²) in [6, 6.07) is 0.155. The van der Waals surface area contributed by atoms with E-state index >= 15 is 0 Å². The average Bonchev–Trinajstić information content (AvgIpc) is 2.34. The van der Waals surface area contributed by atoms with Gasteiger partial charge in [-0.3, -0.25) is 4.48 Å². The normalized spacial score (nSPS) is 22.5. The van der Waals surface area contributed by atoms with Gasteiger partial charge >= 0.3 is 0 Å². The molecule has 1 amide bonds. The first-order valence-electron chi connectivity index (χ1n) is 4.18. The molecule has 0 aliphatic carbocycles. The lowest BCUT2D eigenvalue weighted by atomic mass is 10.3. The summed E-state index contributed by atoms with van der Waals surface area (Å²) in [5, 5.41) is 10.8. The van der Waals surface area contributed by atoms with Crippen molar-refractivity contribution in [2.24, 2.45) is 0 Å². The Balaban J connectivity index is 2.79. The van der Waals surface area contributed by atoms with E-state index in [1.165, 1.54) is 0 Å². The van der Waals surface area contributed by atoms with Crippen LogP contribution in [0.1, 0.15) is 26.7 Å². The Bertz CT molecular complexity index is 159.